The van der Waals surface area contributed by atoms with Crippen molar-refractivity contribution in [3.63, 3.8) is 0 Å². The number of hydrogen-bond donors (Lipinski definition) is 2. The predicted molar refractivity (Wildman–Crippen MR) is 90.7 cm³/mol. The van der Waals surface area contributed by atoms with Crippen LogP contribution in [-0.4, -0.2) is 31.1 Å². The second kappa shape index (κ2) is 7.32. The zero-order valence-electron chi connectivity index (χ0n) is 13.3. The van der Waals surface area contributed by atoms with Gasteiger partial charge in [-0.05, 0) is 30.4 Å². The van der Waals surface area contributed by atoms with Crippen LogP contribution in [0.5, 0.6) is 11.5 Å². The van der Waals surface area contributed by atoms with Crippen molar-refractivity contribution in [2.45, 2.75) is 0 Å². The van der Waals surface area contributed by atoms with Gasteiger partial charge in [0.15, 0.2) is 17.3 Å². The molecule has 6 heteroatoms. The molecule has 0 atom stereocenters. The van der Waals surface area contributed by atoms with Crippen LogP contribution in [-0.2, 0) is 0 Å². The summed E-state index contributed by atoms with van der Waals surface area (Å²) in [6.45, 7) is 0. The third-order valence-corrected chi connectivity index (χ3v) is 3.42. The average molecular weight is 327 g/mol. The summed E-state index contributed by atoms with van der Waals surface area (Å²) in [6, 6.07) is 9.55. The summed E-state index contributed by atoms with van der Waals surface area (Å²) in [7, 11) is 3.01. The van der Waals surface area contributed by atoms with Crippen LogP contribution >= 0.6 is 0 Å². The van der Waals surface area contributed by atoms with Crippen molar-refractivity contribution in [2.24, 2.45) is 0 Å². The van der Waals surface area contributed by atoms with Gasteiger partial charge in [0.25, 0.3) is 0 Å². The van der Waals surface area contributed by atoms with E-state index in [4.69, 9.17) is 15.2 Å². The molecule has 0 bridgehead atoms. The van der Waals surface area contributed by atoms with E-state index in [1.54, 1.807) is 18.2 Å². The maximum atomic E-state index is 12.4. The lowest BCUT2D eigenvalue weighted by atomic mass is 10.0. The van der Waals surface area contributed by atoms with Gasteiger partial charge in [0.05, 0.1) is 25.3 Å². The van der Waals surface area contributed by atoms with Crippen molar-refractivity contribution >= 4 is 23.5 Å². The molecular formula is C18H17NO5. The first-order chi connectivity index (χ1) is 11.5. The van der Waals surface area contributed by atoms with Crippen molar-refractivity contribution in [1.29, 1.82) is 0 Å². The summed E-state index contributed by atoms with van der Waals surface area (Å²) in [5, 5.41) is 9.21. The number of anilines is 1. The fraction of sp³-hybridized carbons (Fsp3) is 0.111. The number of aromatic carboxylic acids is 1. The van der Waals surface area contributed by atoms with E-state index < -0.39 is 11.8 Å². The molecule has 0 amide bonds. The molecule has 0 aliphatic rings. The number of carbonyl (C=O) groups is 2. The summed E-state index contributed by atoms with van der Waals surface area (Å²) < 4.78 is 10.5. The molecule has 0 aliphatic carbocycles. The van der Waals surface area contributed by atoms with Crippen LogP contribution in [0.3, 0.4) is 0 Å². The Hall–Kier alpha value is -3.28. The van der Waals surface area contributed by atoms with E-state index in [1.807, 2.05) is 0 Å². The van der Waals surface area contributed by atoms with Gasteiger partial charge in [-0.2, -0.15) is 0 Å². The second-order valence-corrected chi connectivity index (χ2v) is 4.86. The van der Waals surface area contributed by atoms with E-state index >= 15 is 0 Å². The largest absolute Gasteiger partial charge is 0.493 e. The summed E-state index contributed by atoms with van der Waals surface area (Å²) in [6.07, 6.45) is 2.79. The Kier molecular flexibility index (Phi) is 5.21. The first-order valence-electron chi connectivity index (χ1n) is 7.04. The van der Waals surface area contributed by atoms with E-state index in [9.17, 15) is 14.7 Å². The first-order valence-corrected chi connectivity index (χ1v) is 7.04. The number of carbonyl (C=O) groups excluding carboxylic acids is 1. The number of para-hydroxylation sites is 1. The molecule has 0 radical (unpaired) electrons. The third-order valence-electron chi connectivity index (χ3n) is 3.42. The fourth-order valence-electron chi connectivity index (χ4n) is 2.32. The number of ketones is 1. The first kappa shape index (κ1) is 17.1. The van der Waals surface area contributed by atoms with Gasteiger partial charge >= 0.3 is 5.97 Å². The van der Waals surface area contributed by atoms with Gasteiger partial charge in [-0.15, -0.1) is 0 Å². The molecule has 0 heterocycles. The Labute approximate surface area is 139 Å². The molecule has 24 heavy (non-hydrogen) atoms. The Morgan fingerprint density at radius 3 is 2.42 bits per heavy atom. The highest BCUT2D eigenvalue weighted by Gasteiger charge is 2.17. The van der Waals surface area contributed by atoms with Crippen LogP contribution < -0.4 is 15.2 Å². The highest BCUT2D eigenvalue weighted by Crippen LogP contribution is 2.31. The SMILES string of the molecule is COc1cccc(C=CC(=O)c2c(N)cccc2C(=O)O)c1OC. The monoisotopic (exact) mass is 327 g/mol. The standard InChI is InChI=1S/C18H17NO5/c1-23-15-8-3-5-11(17(15)24-2)9-10-14(20)16-12(18(21)22)6-4-7-13(16)19/h3-10H,19H2,1-2H3,(H,21,22). The molecule has 124 valence electrons. The Balaban J connectivity index is 2.41. The van der Waals surface area contributed by atoms with E-state index in [2.05, 4.69) is 0 Å². The zero-order chi connectivity index (χ0) is 17.7. The van der Waals surface area contributed by atoms with E-state index in [-0.39, 0.29) is 16.8 Å². The highest BCUT2D eigenvalue weighted by molar-refractivity contribution is 6.15. The minimum absolute atomic E-state index is 0.0388. The van der Waals surface area contributed by atoms with Crippen LogP contribution in [0, 0.1) is 0 Å². The lowest BCUT2D eigenvalue weighted by Crippen LogP contribution is -2.10. The molecule has 0 fully saturated rings. The molecule has 2 aromatic rings. The molecule has 0 saturated heterocycles. The van der Waals surface area contributed by atoms with Gasteiger partial charge in [-0.25, -0.2) is 4.79 Å². The molecule has 0 aromatic heterocycles. The van der Waals surface area contributed by atoms with Gasteiger partial charge in [-0.1, -0.05) is 18.2 Å². The fourth-order valence-corrected chi connectivity index (χ4v) is 2.32. The summed E-state index contributed by atoms with van der Waals surface area (Å²) in [5.74, 6) is -0.713. The smallest absolute Gasteiger partial charge is 0.336 e. The number of nitrogen functional groups attached to an aromatic ring is 1. The number of methoxy groups -OCH3 is 2. The number of nitrogens with two attached hydrogens (primary N) is 1. The quantitative estimate of drug-likeness (QED) is 0.481. The van der Waals surface area contributed by atoms with E-state index in [0.29, 0.717) is 17.1 Å². The van der Waals surface area contributed by atoms with Crippen LogP contribution in [0.2, 0.25) is 0 Å². The predicted octanol–water partition coefficient (Wildman–Crippen LogP) is 2.88. The molecule has 0 aliphatic heterocycles. The van der Waals surface area contributed by atoms with Crippen LogP contribution in [0.25, 0.3) is 6.08 Å². The Bertz CT molecular complexity index is 811. The van der Waals surface area contributed by atoms with Crippen molar-refractivity contribution in [3.8, 4) is 11.5 Å². The number of rotatable bonds is 6. The minimum atomic E-state index is -1.21. The van der Waals surface area contributed by atoms with E-state index in [0.717, 1.165) is 0 Å². The highest BCUT2D eigenvalue weighted by atomic mass is 16.5. The zero-order valence-corrected chi connectivity index (χ0v) is 13.3. The molecule has 2 aromatic carbocycles. The molecule has 0 unspecified atom stereocenters. The maximum Gasteiger partial charge on any atom is 0.336 e. The minimum Gasteiger partial charge on any atom is -0.493 e. The van der Waals surface area contributed by atoms with Crippen LogP contribution in [0.1, 0.15) is 26.3 Å². The third kappa shape index (κ3) is 3.38. The molecule has 6 nitrogen and oxygen atoms in total. The molecule has 3 N–H and O–H groups in total. The van der Waals surface area contributed by atoms with Crippen LogP contribution in [0.15, 0.2) is 42.5 Å². The van der Waals surface area contributed by atoms with E-state index in [1.165, 1.54) is 44.6 Å². The van der Waals surface area contributed by atoms with Crippen molar-refractivity contribution < 1.29 is 24.2 Å². The Morgan fingerprint density at radius 1 is 1.08 bits per heavy atom. The summed E-state index contributed by atoms with van der Waals surface area (Å²) in [5.41, 5.74) is 6.33. The molecule has 0 spiro atoms. The maximum absolute atomic E-state index is 12.4. The molecular weight excluding hydrogens is 310 g/mol. The topological polar surface area (TPSA) is 98.9 Å². The second-order valence-electron chi connectivity index (χ2n) is 4.86. The lowest BCUT2D eigenvalue weighted by Gasteiger charge is -2.10. The molecule has 2 rings (SSSR count). The number of ether oxygens (including phenoxy) is 2. The van der Waals surface area contributed by atoms with Gasteiger partial charge in [0.2, 0.25) is 0 Å². The number of carboxylic acid groups (broad SMARTS) is 1. The van der Waals surface area contributed by atoms with Gasteiger partial charge in [0.1, 0.15) is 0 Å². The number of carboxylic acids is 1. The van der Waals surface area contributed by atoms with Gasteiger partial charge in [-0.3, -0.25) is 4.79 Å². The van der Waals surface area contributed by atoms with Gasteiger partial charge in [0, 0.05) is 11.3 Å². The number of hydrogen-bond acceptors (Lipinski definition) is 5. The van der Waals surface area contributed by atoms with Crippen molar-refractivity contribution in [2.75, 3.05) is 20.0 Å². The van der Waals surface area contributed by atoms with Crippen LogP contribution in [0.4, 0.5) is 5.69 Å². The normalized spacial score (nSPS) is 10.6. The lowest BCUT2D eigenvalue weighted by molar-refractivity contribution is 0.0693. The Morgan fingerprint density at radius 2 is 1.79 bits per heavy atom. The molecule has 0 saturated carbocycles. The number of benzene rings is 2. The summed E-state index contributed by atoms with van der Waals surface area (Å²) >= 11 is 0. The summed E-state index contributed by atoms with van der Waals surface area (Å²) in [4.78, 5) is 23.7. The van der Waals surface area contributed by atoms with Gasteiger partial charge < -0.3 is 20.3 Å². The van der Waals surface area contributed by atoms with Crippen molar-refractivity contribution in [3.05, 3.63) is 59.2 Å². The average Bonchev–Trinajstić information content (AvgIpc) is 2.58. The number of allylic oxidation sites excluding steroid dienone is 1. The van der Waals surface area contributed by atoms with Crippen molar-refractivity contribution in [1.82, 2.24) is 0 Å².